The van der Waals surface area contributed by atoms with Crippen molar-refractivity contribution in [3.63, 3.8) is 0 Å². The van der Waals surface area contributed by atoms with Gasteiger partial charge in [0.15, 0.2) is 0 Å². The molecular weight excluding hydrogens is 809 g/mol. The minimum absolute atomic E-state index is 0.0325. The van der Waals surface area contributed by atoms with Crippen molar-refractivity contribution in [2.24, 2.45) is 5.92 Å². The highest BCUT2D eigenvalue weighted by molar-refractivity contribution is 6.10. The molecule has 0 atom stereocenters. The normalized spacial score (nSPS) is 15.9. The van der Waals surface area contributed by atoms with Gasteiger partial charge in [0.25, 0.3) is 0 Å². The number of hydrogen-bond acceptors (Lipinski definition) is 5. The molecule has 6 heteroatoms. The van der Waals surface area contributed by atoms with E-state index in [9.17, 15) is 5.48 Å². The first-order chi connectivity index (χ1) is 36.8. The smallest absolute Gasteiger partial charge is 0.137 e. The van der Waals surface area contributed by atoms with E-state index >= 15 is 0 Å². The fraction of sp³-hybridized carbons (Fsp3) is 0.117. The lowest BCUT2D eigenvalue weighted by atomic mass is 9.90. The van der Waals surface area contributed by atoms with Crippen molar-refractivity contribution < 1.29 is 24.6 Å². The maximum atomic E-state index is 9.42. The molecule has 0 radical (unpaired) electrons. The summed E-state index contributed by atoms with van der Waals surface area (Å²) in [6.07, 6.45) is -0.143. The molecule has 2 aromatic heterocycles. The van der Waals surface area contributed by atoms with Gasteiger partial charge in [-0.15, -0.1) is 0 Å². The Bertz CT molecular complexity index is 3990. The highest BCUT2D eigenvalue weighted by Gasteiger charge is 2.32. The van der Waals surface area contributed by atoms with Crippen molar-refractivity contribution in [2.75, 3.05) is 16.5 Å². The van der Waals surface area contributed by atoms with Crippen LogP contribution in [0, 0.1) is 19.6 Å². The fourth-order valence-electron chi connectivity index (χ4n) is 9.29. The largest absolute Gasteiger partial charge is 0.457 e. The Hall–Kier alpha value is -8.09. The van der Waals surface area contributed by atoms with Gasteiger partial charge in [0.1, 0.15) is 35.5 Å². The van der Waals surface area contributed by atoms with Gasteiger partial charge < -0.3 is 19.3 Å². The third-order valence-corrected chi connectivity index (χ3v) is 12.2. The summed E-state index contributed by atoms with van der Waals surface area (Å²) in [5.74, 6) is 1.35. The number of hydrogen-bond donors (Lipinski definition) is 0. The number of pyridine rings is 1. The van der Waals surface area contributed by atoms with Crippen molar-refractivity contribution >= 4 is 44.6 Å². The van der Waals surface area contributed by atoms with Crippen LogP contribution >= 0.6 is 0 Å². The number of rotatable bonds is 3. The zero-order valence-corrected chi connectivity index (χ0v) is 36.1. The van der Waals surface area contributed by atoms with E-state index in [1.807, 2.05) is 105 Å². The number of ether oxygens (including phenoxy) is 2. The Morgan fingerprint density at radius 3 is 2.14 bits per heavy atom. The number of fused-ring (bicyclic) bond motifs is 6. The first-order valence-electron chi connectivity index (χ1n) is 27.4. The maximum Gasteiger partial charge on any atom is 0.137 e. The Labute approximate surface area is 401 Å². The molecule has 12 bridgehead atoms. The number of para-hydroxylation sites is 2. The number of aryl methyl sites for hydroxylation is 1. The molecule has 66 heavy (non-hydrogen) atoms. The van der Waals surface area contributed by atoms with Gasteiger partial charge in [0.05, 0.1) is 32.2 Å². The van der Waals surface area contributed by atoms with Crippen LogP contribution < -0.4 is 19.3 Å². The molecule has 15 rings (SSSR count). The lowest BCUT2D eigenvalue weighted by Crippen LogP contribution is -2.25. The lowest BCUT2D eigenvalue weighted by Gasteiger charge is -2.28. The summed E-state index contributed by atoms with van der Waals surface area (Å²) in [7, 11) is 0. The van der Waals surface area contributed by atoms with Gasteiger partial charge in [-0.25, -0.2) is 4.98 Å². The van der Waals surface area contributed by atoms with E-state index in [0.717, 1.165) is 45.0 Å². The molecule has 10 aromatic rings. The van der Waals surface area contributed by atoms with Crippen LogP contribution in [0.25, 0.3) is 61.0 Å². The van der Waals surface area contributed by atoms with E-state index in [4.69, 9.17) is 24.1 Å². The Kier molecular flexibility index (Phi) is 7.06. The van der Waals surface area contributed by atoms with E-state index in [1.54, 1.807) is 71.4 Å². The van der Waals surface area contributed by atoms with E-state index in [2.05, 4.69) is 21.9 Å². The molecule has 0 N–H and O–H groups in total. The molecule has 6 nitrogen and oxygen atoms in total. The first kappa shape index (κ1) is 29.4. The summed E-state index contributed by atoms with van der Waals surface area (Å²) < 4.78 is 112. The number of nitrogens with zero attached hydrogens (tertiary/aromatic N) is 4. The van der Waals surface area contributed by atoms with Crippen LogP contribution in [0.4, 0.5) is 22.7 Å². The molecule has 320 valence electrons. The summed E-state index contributed by atoms with van der Waals surface area (Å²) in [5.41, 5.74) is 8.41. The average Bonchev–Trinajstić information content (AvgIpc) is 3.97. The maximum absolute atomic E-state index is 9.42. The van der Waals surface area contributed by atoms with Crippen LogP contribution in [-0.2, 0) is 6.37 Å². The second-order valence-corrected chi connectivity index (χ2v) is 16.9. The van der Waals surface area contributed by atoms with Gasteiger partial charge in [-0.05, 0) is 151 Å². The second kappa shape index (κ2) is 15.9. The highest BCUT2D eigenvalue weighted by atomic mass is 16.5. The first-order valence-corrected chi connectivity index (χ1v) is 21.9. The molecule has 0 amide bonds. The molecule has 8 aromatic carbocycles. The summed E-state index contributed by atoms with van der Waals surface area (Å²) in [5, 5.41) is 0.625. The van der Waals surface area contributed by atoms with Gasteiger partial charge in [-0.3, -0.25) is 4.57 Å². The predicted octanol–water partition coefficient (Wildman–Crippen LogP) is 16.1. The van der Waals surface area contributed by atoms with Gasteiger partial charge in [-0.1, -0.05) is 92.2 Å². The van der Waals surface area contributed by atoms with Gasteiger partial charge >= 0.3 is 0 Å². The number of anilines is 4. The van der Waals surface area contributed by atoms with Crippen molar-refractivity contribution in [1.29, 1.82) is 0 Å². The van der Waals surface area contributed by atoms with E-state index in [0.29, 0.717) is 57.3 Å². The van der Waals surface area contributed by atoms with Crippen LogP contribution in [0.2, 0.25) is 0 Å². The monoisotopic (exact) mass is 867 g/mol. The molecule has 0 unspecified atom stereocenters. The van der Waals surface area contributed by atoms with Gasteiger partial charge in [0, 0.05) is 62.4 Å². The number of aromatic nitrogens is 2. The van der Waals surface area contributed by atoms with E-state index in [1.165, 1.54) is 0 Å². The van der Waals surface area contributed by atoms with Crippen molar-refractivity contribution in [2.45, 2.75) is 33.9 Å². The van der Waals surface area contributed by atoms with Crippen molar-refractivity contribution in [3.8, 4) is 62.2 Å². The predicted molar refractivity (Wildman–Crippen MR) is 272 cm³/mol. The second-order valence-electron chi connectivity index (χ2n) is 16.9. The zero-order valence-electron chi connectivity index (χ0n) is 47.1. The van der Waals surface area contributed by atoms with Gasteiger partial charge in [0.2, 0.25) is 0 Å². The molecule has 0 saturated heterocycles. The Balaban J connectivity index is 1.10. The minimum atomic E-state index is -2.84. The average molecular weight is 868 g/mol. The SMILES string of the molecule is [2H]c1c(C([2H])([2H])[2H])c([2H])c2c3ccc4cc3n(c2c1[2H])-c1ccc(cn1)-c1ccc(c(C([2H])([2H])[2H])c1)Oc1ccc(cc1)-c1cc(C([2H])([2H])C(C)C)cc(-c2ccccc2)c1N1CN(c2cccc(c2)O4)c2ccccc21. The quantitative estimate of drug-likeness (QED) is 0.177. The Morgan fingerprint density at radius 1 is 0.621 bits per heavy atom. The van der Waals surface area contributed by atoms with Crippen molar-refractivity contribution in [1.82, 2.24) is 9.55 Å². The zero-order chi connectivity index (χ0) is 53.9. The topological polar surface area (TPSA) is 42.8 Å². The summed E-state index contributed by atoms with van der Waals surface area (Å²) in [4.78, 5) is 9.27. The Morgan fingerprint density at radius 2 is 1.36 bits per heavy atom. The summed E-state index contributed by atoms with van der Waals surface area (Å²) >= 11 is 0. The highest BCUT2D eigenvalue weighted by Crippen LogP contribution is 2.51. The van der Waals surface area contributed by atoms with Gasteiger partial charge in [-0.2, -0.15) is 0 Å². The molecular formula is C60H48N4O2. The standard InChI is InChI=1S/C60H48N4O2/c1-38(2)29-41-32-51(42-11-6-5-7-12-42)60-52(33-41)43-18-22-47(23-19-43)66-58-27-20-44(31-40(58)4)45-21-28-59(61-36-45)64-54-26-17-39(3)30-53(54)50-25-24-49(35-57(50)64)65-48-14-10-13-46(34-48)62-37-63(60)56-16-9-8-15-55(56)62/h5-28,30-36,38H,29,37H2,1-4H3/i3D3,4D3,17D,26D,29D2,30D. The molecule has 0 fully saturated rings. The third kappa shape index (κ3) is 6.93. The summed E-state index contributed by atoms with van der Waals surface area (Å²) in [6.45, 7) is -1.33. The molecule has 0 spiro atoms. The number of benzene rings is 8. The summed E-state index contributed by atoms with van der Waals surface area (Å²) in [6, 6.07) is 49.4. The molecule has 5 aliphatic rings. The lowest BCUT2D eigenvalue weighted by molar-refractivity contribution is 0.479. The van der Waals surface area contributed by atoms with Crippen LogP contribution in [0.15, 0.2) is 188 Å². The van der Waals surface area contributed by atoms with E-state index in [-0.39, 0.29) is 40.2 Å². The van der Waals surface area contributed by atoms with Crippen LogP contribution in [0.3, 0.4) is 0 Å². The third-order valence-electron chi connectivity index (χ3n) is 12.2. The fourth-order valence-corrected chi connectivity index (χ4v) is 9.29. The van der Waals surface area contributed by atoms with Crippen molar-refractivity contribution in [3.05, 3.63) is 205 Å². The molecule has 0 aliphatic carbocycles. The minimum Gasteiger partial charge on any atom is -0.457 e. The van der Waals surface area contributed by atoms with Crippen LogP contribution in [0.1, 0.15) is 45.6 Å². The van der Waals surface area contributed by atoms with E-state index < -0.39 is 31.7 Å². The molecule has 0 saturated carbocycles. The molecule has 5 aliphatic heterocycles. The van der Waals surface area contributed by atoms with Crippen LogP contribution in [-0.4, -0.2) is 16.2 Å². The van der Waals surface area contributed by atoms with Crippen LogP contribution in [0.5, 0.6) is 23.0 Å². The molecule has 7 heterocycles.